The summed E-state index contributed by atoms with van der Waals surface area (Å²) in [5, 5.41) is 15.4. The normalized spacial score (nSPS) is 17.5. The molecule has 0 bridgehead atoms. The maximum atomic E-state index is 11.3. The SMILES string of the molecule is COCCCN1C(=S)N[C@@H](c2ccccn2)[C@H]1c1cc(C)n(-c2ccc([N+](=O)[O-])cc2OC)c1C. The zero-order valence-electron chi connectivity index (χ0n) is 20.2. The van der Waals surface area contributed by atoms with Crippen LogP contribution in [0.3, 0.4) is 0 Å². The number of hydrogen-bond donors (Lipinski definition) is 1. The highest BCUT2D eigenvalue weighted by atomic mass is 32.1. The number of aryl methyl sites for hydroxylation is 1. The molecule has 2 atom stereocenters. The Hall–Kier alpha value is -3.50. The second-order valence-corrected chi connectivity index (χ2v) is 8.83. The molecule has 4 rings (SSSR count). The number of thiocarbonyl (C=S) groups is 1. The third-order valence-electron chi connectivity index (χ3n) is 6.35. The lowest BCUT2D eigenvalue weighted by molar-refractivity contribution is -0.384. The number of pyridine rings is 1. The summed E-state index contributed by atoms with van der Waals surface area (Å²) < 4.78 is 12.9. The van der Waals surface area contributed by atoms with Crippen molar-refractivity contribution in [2.45, 2.75) is 32.4 Å². The van der Waals surface area contributed by atoms with E-state index in [4.69, 9.17) is 21.7 Å². The summed E-state index contributed by atoms with van der Waals surface area (Å²) in [7, 11) is 3.21. The van der Waals surface area contributed by atoms with Gasteiger partial charge in [-0.25, -0.2) is 0 Å². The molecule has 1 aromatic carbocycles. The first-order valence-corrected chi connectivity index (χ1v) is 11.8. The molecule has 0 radical (unpaired) electrons. The van der Waals surface area contributed by atoms with Crippen LogP contribution in [0.1, 0.15) is 41.1 Å². The lowest BCUT2D eigenvalue weighted by Gasteiger charge is -2.28. The molecule has 0 amide bonds. The van der Waals surface area contributed by atoms with Gasteiger partial charge in [-0.3, -0.25) is 15.1 Å². The molecule has 184 valence electrons. The van der Waals surface area contributed by atoms with Crippen LogP contribution in [0.15, 0.2) is 48.7 Å². The fraction of sp³-hybridized carbons (Fsp3) is 0.360. The van der Waals surface area contributed by atoms with Crippen LogP contribution >= 0.6 is 12.2 Å². The Morgan fingerprint density at radius 3 is 2.66 bits per heavy atom. The summed E-state index contributed by atoms with van der Waals surface area (Å²) in [5.41, 5.74) is 4.73. The van der Waals surface area contributed by atoms with E-state index in [1.807, 2.05) is 32.0 Å². The van der Waals surface area contributed by atoms with Crippen LogP contribution < -0.4 is 10.1 Å². The zero-order valence-corrected chi connectivity index (χ0v) is 21.0. The predicted molar refractivity (Wildman–Crippen MR) is 137 cm³/mol. The van der Waals surface area contributed by atoms with Gasteiger partial charge in [0.15, 0.2) is 5.11 Å². The minimum absolute atomic E-state index is 0.0156. The Bertz CT molecular complexity index is 1230. The van der Waals surface area contributed by atoms with E-state index in [2.05, 4.69) is 25.8 Å². The van der Waals surface area contributed by atoms with Gasteiger partial charge in [-0.15, -0.1) is 0 Å². The van der Waals surface area contributed by atoms with Gasteiger partial charge < -0.3 is 24.3 Å². The van der Waals surface area contributed by atoms with Gasteiger partial charge in [0.1, 0.15) is 5.75 Å². The van der Waals surface area contributed by atoms with E-state index >= 15 is 0 Å². The molecule has 0 saturated carbocycles. The number of aromatic nitrogens is 2. The van der Waals surface area contributed by atoms with E-state index in [0.717, 1.165) is 41.3 Å². The number of nitrogens with zero attached hydrogens (tertiary/aromatic N) is 4. The molecule has 1 saturated heterocycles. The summed E-state index contributed by atoms with van der Waals surface area (Å²) in [6, 6.07) is 12.5. The highest BCUT2D eigenvalue weighted by molar-refractivity contribution is 7.80. The van der Waals surface area contributed by atoms with Gasteiger partial charge in [0.2, 0.25) is 0 Å². The summed E-state index contributed by atoms with van der Waals surface area (Å²) in [5.74, 6) is 0.436. The van der Waals surface area contributed by atoms with Crippen LogP contribution in [0.2, 0.25) is 0 Å². The first kappa shape index (κ1) is 24.6. The lowest BCUT2D eigenvalue weighted by atomic mass is 9.96. The number of nitro benzene ring substituents is 1. The number of nitrogens with one attached hydrogen (secondary N) is 1. The van der Waals surface area contributed by atoms with Crippen molar-refractivity contribution in [3.8, 4) is 11.4 Å². The topological polar surface area (TPSA) is 94.7 Å². The van der Waals surface area contributed by atoms with Crippen molar-refractivity contribution in [3.05, 3.63) is 81.4 Å². The third-order valence-corrected chi connectivity index (χ3v) is 6.70. The van der Waals surface area contributed by atoms with E-state index < -0.39 is 4.92 Å². The number of ether oxygens (including phenoxy) is 2. The van der Waals surface area contributed by atoms with Crippen molar-refractivity contribution in [2.24, 2.45) is 0 Å². The molecule has 3 aromatic rings. The minimum atomic E-state index is -0.423. The van der Waals surface area contributed by atoms with Crippen LogP contribution in [0.25, 0.3) is 5.69 Å². The predicted octanol–water partition coefficient (Wildman–Crippen LogP) is 4.41. The van der Waals surface area contributed by atoms with E-state index in [-0.39, 0.29) is 17.8 Å². The van der Waals surface area contributed by atoms with Gasteiger partial charge >= 0.3 is 0 Å². The monoisotopic (exact) mass is 495 g/mol. The molecule has 1 N–H and O–H groups in total. The first-order chi connectivity index (χ1) is 16.9. The number of hydrogen-bond acceptors (Lipinski definition) is 6. The van der Waals surface area contributed by atoms with Gasteiger partial charge in [-0.1, -0.05) is 6.07 Å². The van der Waals surface area contributed by atoms with Gasteiger partial charge in [-0.05, 0) is 62.3 Å². The maximum absolute atomic E-state index is 11.3. The molecule has 0 spiro atoms. The Labute approximate surface area is 209 Å². The first-order valence-electron chi connectivity index (χ1n) is 11.4. The van der Waals surface area contributed by atoms with Gasteiger partial charge in [0.25, 0.3) is 5.69 Å². The molecular weight excluding hydrogens is 466 g/mol. The number of rotatable bonds is 9. The van der Waals surface area contributed by atoms with Gasteiger partial charge in [-0.2, -0.15) is 0 Å². The average molecular weight is 496 g/mol. The third kappa shape index (κ3) is 4.71. The Kier molecular flexibility index (Phi) is 7.32. The van der Waals surface area contributed by atoms with Crippen LogP contribution in [0.5, 0.6) is 5.75 Å². The molecule has 3 heterocycles. The molecule has 0 aliphatic carbocycles. The molecule has 2 aromatic heterocycles. The van der Waals surface area contributed by atoms with Crippen molar-refractivity contribution in [2.75, 3.05) is 27.4 Å². The summed E-state index contributed by atoms with van der Waals surface area (Å²) in [6.07, 6.45) is 2.62. The smallest absolute Gasteiger partial charge is 0.273 e. The number of methoxy groups -OCH3 is 2. The fourth-order valence-electron chi connectivity index (χ4n) is 4.79. The number of non-ortho nitro benzene ring substituents is 1. The molecule has 1 aliphatic heterocycles. The largest absolute Gasteiger partial charge is 0.494 e. The second-order valence-electron chi connectivity index (χ2n) is 8.44. The molecule has 1 fully saturated rings. The Morgan fingerprint density at radius 2 is 2.00 bits per heavy atom. The number of nitro groups is 1. The van der Waals surface area contributed by atoms with Gasteiger partial charge in [0.05, 0.1) is 41.6 Å². The zero-order chi connectivity index (χ0) is 25.1. The van der Waals surface area contributed by atoms with E-state index in [1.54, 1.807) is 19.4 Å². The molecule has 1 aliphatic rings. The maximum Gasteiger partial charge on any atom is 0.273 e. The van der Waals surface area contributed by atoms with Crippen molar-refractivity contribution in [1.29, 1.82) is 0 Å². The van der Waals surface area contributed by atoms with Crippen molar-refractivity contribution < 1.29 is 14.4 Å². The molecule has 10 heteroatoms. The standard InChI is InChI=1S/C25H29N5O4S/c1-16-14-19(17(2)29(16)21-10-9-18(30(31)32)15-22(21)34-4)24-23(20-8-5-6-11-26-20)27-25(35)28(24)12-7-13-33-3/h5-6,8-11,14-15,23-24H,7,12-13H2,1-4H3,(H,27,35)/t23-,24+/m0/s1. The summed E-state index contributed by atoms with van der Waals surface area (Å²) >= 11 is 5.75. The number of benzene rings is 1. The van der Waals surface area contributed by atoms with Crippen LogP contribution in [0.4, 0.5) is 5.69 Å². The Balaban J connectivity index is 1.82. The molecule has 0 unspecified atom stereocenters. The average Bonchev–Trinajstić information content (AvgIpc) is 3.34. The van der Waals surface area contributed by atoms with Crippen LogP contribution in [-0.2, 0) is 4.74 Å². The highest BCUT2D eigenvalue weighted by Gasteiger charge is 2.41. The Morgan fingerprint density at radius 1 is 1.20 bits per heavy atom. The minimum Gasteiger partial charge on any atom is -0.494 e. The fourth-order valence-corrected chi connectivity index (χ4v) is 5.12. The quantitative estimate of drug-likeness (QED) is 0.202. The van der Waals surface area contributed by atoms with Gasteiger partial charge in [0, 0.05) is 43.9 Å². The highest BCUT2D eigenvalue weighted by Crippen LogP contribution is 2.42. The van der Waals surface area contributed by atoms with Crippen molar-refractivity contribution in [3.63, 3.8) is 0 Å². The van der Waals surface area contributed by atoms with E-state index in [9.17, 15) is 10.1 Å². The molecule has 35 heavy (non-hydrogen) atoms. The lowest BCUT2D eigenvalue weighted by Crippen LogP contribution is -2.31. The van der Waals surface area contributed by atoms with Crippen molar-refractivity contribution >= 4 is 23.0 Å². The summed E-state index contributed by atoms with van der Waals surface area (Å²) in [4.78, 5) is 17.7. The van der Waals surface area contributed by atoms with Crippen LogP contribution in [-0.4, -0.2) is 51.9 Å². The second kappa shape index (κ2) is 10.4. The summed E-state index contributed by atoms with van der Waals surface area (Å²) in [6.45, 7) is 5.44. The molecule has 9 nitrogen and oxygen atoms in total. The molecular formula is C25H29N5O4S. The van der Waals surface area contributed by atoms with Crippen molar-refractivity contribution in [1.82, 2.24) is 19.8 Å². The van der Waals surface area contributed by atoms with E-state index in [1.165, 1.54) is 19.2 Å². The van der Waals surface area contributed by atoms with E-state index in [0.29, 0.717) is 17.5 Å². The van der Waals surface area contributed by atoms with Crippen LogP contribution in [0, 0.1) is 24.0 Å².